The normalized spacial score (nSPS) is 27.7. The molecule has 0 N–H and O–H groups in total. The topological polar surface area (TPSA) is 50.7 Å². The van der Waals surface area contributed by atoms with Crippen LogP contribution in [0.1, 0.15) is 31.7 Å². The van der Waals surface area contributed by atoms with E-state index in [1.165, 1.54) is 5.56 Å². The van der Waals surface area contributed by atoms with Crippen LogP contribution in [0.25, 0.3) is 0 Å². The van der Waals surface area contributed by atoms with E-state index in [1.807, 2.05) is 12.4 Å². The highest BCUT2D eigenvalue weighted by Crippen LogP contribution is 2.38. The molecule has 0 aliphatic carbocycles. The van der Waals surface area contributed by atoms with Crippen molar-refractivity contribution in [3.8, 4) is 0 Å². The highest BCUT2D eigenvalue weighted by molar-refractivity contribution is 5.31. The minimum Gasteiger partial charge on any atom is -0.379 e. The number of hydrogen-bond acceptors (Lipinski definition) is 6. The van der Waals surface area contributed by atoms with E-state index in [2.05, 4.69) is 26.7 Å². The summed E-state index contributed by atoms with van der Waals surface area (Å²) in [5.74, 6) is 0.866. The summed E-state index contributed by atoms with van der Waals surface area (Å²) in [4.78, 5) is 13.9. The van der Waals surface area contributed by atoms with Crippen molar-refractivity contribution < 1.29 is 9.47 Å². The van der Waals surface area contributed by atoms with Gasteiger partial charge in [0, 0.05) is 44.6 Å². The molecule has 132 valence electrons. The number of ether oxygens (including phenoxy) is 2. The van der Waals surface area contributed by atoms with E-state index in [4.69, 9.17) is 9.47 Å². The zero-order valence-electron chi connectivity index (χ0n) is 14.6. The minimum atomic E-state index is 0.0723. The first-order valence-corrected chi connectivity index (χ1v) is 9.30. The number of aryl methyl sites for hydroxylation is 1. The lowest BCUT2D eigenvalue weighted by Crippen LogP contribution is -2.47. The number of hydrogen-bond donors (Lipinski definition) is 0. The maximum atomic E-state index is 6.32. The van der Waals surface area contributed by atoms with Gasteiger partial charge in [-0.3, -0.25) is 4.90 Å². The van der Waals surface area contributed by atoms with Gasteiger partial charge in [0.1, 0.15) is 0 Å². The summed E-state index contributed by atoms with van der Waals surface area (Å²) in [5, 5.41) is 0. The smallest absolute Gasteiger partial charge is 0.225 e. The third-order valence-corrected chi connectivity index (χ3v) is 5.81. The predicted octanol–water partition coefficient (Wildman–Crippen LogP) is 1.50. The molecule has 3 fully saturated rings. The number of rotatable bonds is 3. The summed E-state index contributed by atoms with van der Waals surface area (Å²) in [5.41, 5.74) is 1.27. The fourth-order valence-corrected chi connectivity index (χ4v) is 4.15. The largest absolute Gasteiger partial charge is 0.379 e. The third-order valence-electron chi connectivity index (χ3n) is 5.81. The molecule has 4 rings (SSSR count). The van der Waals surface area contributed by atoms with Crippen molar-refractivity contribution in [3.05, 3.63) is 18.0 Å². The van der Waals surface area contributed by atoms with Gasteiger partial charge in [-0.25, -0.2) is 9.97 Å². The average molecular weight is 332 g/mol. The number of morpholine rings is 1. The second-order valence-corrected chi connectivity index (χ2v) is 7.23. The molecule has 6 heteroatoms. The zero-order valence-corrected chi connectivity index (χ0v) is 14.6. The molecule has 1 atom stereocenters. The van der Waals surface area contributed by atoms with Crippen molar-refractivity contribution in [2.45, 2.75) is 44.2 Å². The van der Waals surface area contributed by atoms with Crippen molar-refractivity contribution in [2.24, 2.45) is 0 Å². The maximum absolute atomic E-state index is 6.32. The highest BCUT2D eigenvalue weighted by atomic mass is 16.5. The van der Waals surface area contributed by atoms with Gasteiger partial charge in [0.2, 0.25) is 5.95 Å². The lowest BCUT2D eigenvalue weighted by atomic mass is 9.87. The van der Waals surface area contributed by atoms with Gasteiger partial charge < -0.3 is 14.4 Å². The second kappa shape index (κ2) is 6.94. The molecule has 1 aromatic rings. The molecule has 0 radical (unpaired) electrons. The molecule has 1 unspecified atom stereocenters. The average Bonchev–Trinajstić information content (AvgIpc) is 3.07. The monoisotopic (exact) mass is 332 g/mol. The fourth-order valence-electron chi connectivity index (χ4n) is 4.15. The Balaban J connectivity index is 1.33. The van der Waals surface area contributed by atoms with Crippen LogP contribution >= 0.6 is 0 Å². The number of aromatic nitrogens is 2. The molecular formula is C18H28N4O2. The second-order valence-electron chi connectivity index (χ2n) is 7.23. The van der Waals surface area contributed by atoms with Crippen LogP contribution in [0, 0.1) is 0 Å². The molecular weight excluding hydrogens is 304 g/mol. The van der Waals surface area contributed by atoms with Crippen molar-refractivity contribution in [2.75, 3.05) is 50.9 Å². The molecule has 4 heterocycles. The molecule has 3 aliphatic heterocycles. The molecule has 1 aromatic heterocycles. The molecule has 0 saturated carbocycles. The minimum absolute atomic E-state index is 0.0723. The molecule has 0 bridgehead atoms. The first-order chi connectivity index (χ1) is 11.8. The first-order valence-electron chi connectivity index (χ1n) is 9.30. The van der Waals surface area contributed by atoms with Crippen LogP contribution in [0.5, 0.6) is 0 Å². The van der Waals surface area contributed by atoms with E-state index < -0.39 is 0 Å². The summed E-state index contributed by atoms with van der Waals surface area (Å²) < 4.78 is 11.8. The van der Waals surface area contributed by atoms with Crippen LogP contribution in [-0.2, 0) is 15.9 Å². The first kappa shape index (κ1) is 16.2. The molecule has 3 saturated heterocycles. The Bertz CT molecular complexity index is 536. The zero-order chi connectivity index (χ0) is 16.4. The van der Waals surface area contributed by atoms with E-state index in [0.29, 0.717) is 6.04 Å². The summed E-state index contributed by atoms with van der Waals surface area (Å²) in [7, 11) is 0. The van der Waals surface area contributed by atoms with Crippen LogP contribution in [0.15, 0.2) is 12.4 Å². The predicted molar refractivity (Wildman–Crippen MR) is 92.3 cm³/mol. The molecule has 1 spiro atoms. The van der Waals surface area contributed by atoms with E-state index in [9.17, 15) is 0 Å². The van der Waals surface area contributed by atoms with Gasteiger partial charge in [-0.1, -0.05) is 6.92 Å². The van der Waals surface area contributed by atoms with Crippen LogP contribution < -0.4 is 4.90 Å². The van der Waals surface area contributed by atoms with E-state index >= 15 is 0 Å². The highest BCUT2D eigenvalue weighted by Gasteiger charge is 2.44. The fraction of sp³-hybridized carbons (Fsp3) is 0.778. The summed E-state index contributed by atoms with van der Waals surface area (Å²) >= 11 is 0. The Morgan fingerprint density at radius 1 is 1.12 bits per heavy atom. The van der Waals surface area contributed by atoms with Crippen molar-refractivity contribution in [1.29, 1.82) is 0 Å². The van der Waals surface area contributed by atoms with Gasteiger partial charge in [0.05, 0.1) is 25.4 Å². The standard InChI is InChI=1S/C18H28N4O2/c1-2-15-12-19-17(20-13-15)22-5-3-18(4-6-22)11-16(14-24-18)21-7-9-23-10-8-21/h12-13,16H,2-11,14H2,1H3. The van der Waals surface area contributed by atoms with E-state index in [0.717, 1.165) is 77.6 Å². The van der Waals surface area contributed by atoms with Gasteiger partial charge >= 0.3 is 0 Å². The van der Waals surface area contributed by atoms with Crippen LogP contribution in [0.3, 0.4) is 0 Å². The van der Waals surface area contributed by atoms with Crippen molar-refractivity contribution in [1.82, 2.24) is 14.9 Å². The maximum Gasteiger partial charge on any atom is 0.225 e. The lowest BCUT2D eigenvalue weighted by molar-refractivity contribution is -0.0184. The number of nitrogens with zero attached hydrogens (tertiary/aromatic N) is 4. The Morgan fingerprint density at radius 3 is 2.50 bits per heavy atom. The van der Waals surface area contributed by atoms with Gasteiger partial charge in [-0.2, -0.15) is 0 Å². The van der Waals surface area contributed by atoms with E-state index in [-0.39, 0.29) is 5.60 Å². The Kier molecular flexibility index (Phi) is 4.70. The van der Waals surface area contributed by atoms with E-state index in [1.54, 1.807) is 0 Å². The summed E-state index contributed by atoms with van der Waals surface area (Å²) in [6.45, 7) is 8.81. The van der Waals surface area contributed by atoms with Gasteiger partial charge in [-0.15, -0.1) is 0 Å². The Morgan fingerprint density at radius 2 is 1.83 bits per heavy atom. The summed E-state index contributed by atoms with van der Waals surface area (Å²) in [6, 6.07) is 0.570. The van der Waals surface area contributed by atoms with Crippen LogP contribution in [-0.4, -0.2) is 72.5 Å². The molecule has 0 amide bonds. The van der Waals surface area contributed by atoms with Crippen LogP contribution in [0.2, 0.25) is 0 Å². The quantitative estimate of drug-likeness (QED) is 0.836. The molecule has 0 aromatic carbocycles. The molecule has 6 nitrogen and oxygen atoms in total. The lowest BCUT2D eigenvalue weighted by Gasteiger charge is -2.39. The molecule has 3 aliphatic rings. The number of piperidine rings is 1. The third kappa shape index (κ3) is 3.27. The Labute approximate surface area is 144 Å². The van der Waals surface area contributed by atoms with Gasteiger partial charge in [0.25, 0.3) is 0 Å². The number of anilines is 1. The summed E-state index contributed by atoms with van der Waals surface area (Å²) in [6.07, 6.45) is 8.20. The SMILES string of the molecule is CCc1cnc(N2CCC3(CC2)CC(N2CCOCC2)CO3)nc1. The molecule has 24 heavy (non-hydrogen) atoms. The Hall–Kier alpha value is -1.24. The van der Waals surface area contributed by atoms with Gasteiger partial charge in [-0.05, 0) is 31.2 Å². The van der Waals surface area contributed by atoms with Gasteiger partial charge in [0.15, 0.2) is 0 Å². The van der Waals surface area contributed by atoms with Crippen LogP contribution in [0.4, 0.5) is 5.95 Å². The van der Waals surface area contributed by atoms with Crippen molar-refractivity contribution in [3.63, 3.8) is 0 Å². The van der Waals surface area contributed by atoms with Crippen molar-refractivity contribution >= 4 is 5.95 Å².